The van der Waals surface area contributed by atoms with E-state index in [1.54, 1.807) is 32.0 Å². The quantitative estimate of drug-likeness (QED) is 0.392. The Morgan fingerprint density at radius 1 is 1.00 bits per heavy atom. The van der Waals surface area contributed by atoms with Crippen LogP contribution in [-0.2, 0) is 38.1 Å². The van der Waals surface area contributed by atoms with Gasteiger partial charge in [-0.25, -0.2) is 4.79 Å². The molecule has 42 heavy (non-hydrogen) atoms. The summed E-state index contributed by atoms with van der Waals surface area (Å²) < 4.78 is 23.4. The van der Waals surface area contributed by atoms with Crippen molar-refractivity contribution in [2.24, 2.45) is 16.7 Å². The second-order valence-corrected chi connectivity index (χ2v) is 12.6. The van der Waals surface area contributed by atoms with Gasteiger partial charge in [-0.2, -0.15) is 0 Å². The number of carbonyl (C=O) groups excluding carboxylic acids is 5. The van der Waals surface area contributed by atoms with E-state index >= 15 is 0 Å². The fourth-order valence-corrected chi connectivity index (χ4v) is 7.72. The number of hydrogen-bond donors (Lipinski definition) is 2. The molecule has 3 aliphatic carbocycles. The highest BCUT2D eigenvalue weighted by Crippen LogP contribution is 2.63. The molecule has 3 fully saturated rings. The van der Waals surface area contributed by atoms with Crippen molar-refractivity contribution in [3.8, 4) is 0 Å². The Labute approximate surface area is 243 Å². The number of ether oxygens (including phenoxy) is 4. The van der Waals surface area contributed by atoms with Gasteiger partial charge in [-0.05, 0) is 37.1 Å². The standard InChI is InChI=1S/C31H36O11/c1-15-19(34)13-31(38)26(41-27(37)18-10-8-7-9-11-18)24-29(6,20(35)12-21-30(24,14-39-21)42-17(3)33)25(36)23(40-16(2)32)22(15)28(31,4)5/h7-11,20-21,23-24,26,35,38H,12-14H2,1-6H3. The zero-order chi connectivity index (χ0) is 31.0. The summed E-state index contributed by atoms with van der Waals surface area (Å²) in [6, 6.07) is 7.97. The van der Waals surface area contributed by atoms with Crippen LogP contribution in [0.1, 0.15) is 64.7 Å². The molecule has 8 atom stereocenters. The highest BCUT2D eigenvalue weighted by molar-refractivity contribution is 6.03. The maximum absolute atomic E-state index is 14.8. The molecule has 0 aromatic heterocycles. The van der Waals surface area contributed by atoms with Crippen LogP contribution in [-0.4, -0.2) is 81.9 Å². The second kappa shape index (κ2) is 9.82. The maximum Gasteiger partial charge on any atom is 0.338 e. The van der Waals surface area contributed by atoms with E-state index in [2.05, 4.69) is 0 Å². The molecule has 11 nitrogen and oxygen atoms in total. The van der Waals surface area contributed by atoms with Gasteiger partial charge in [-0.15, -0.1) is 0 Å². The number of esters is 3. The van der Waals surface area contributed by atoms with Gasteiger partial charge in [-0.1, -0.05) is 32.0 Å². The van der Waals surface area contributed by atoms with Gasteiger partial charge < -0.3 is 29.2 Å². The Hall–Kier alpha value is -3.41. The Bertz CT molecular complexity index is 1400. The molecule has 1 heterocycles. The first-order chi connectivity index (χ1) is 19.5. The molecule has 0 spiro atoms. The van der Waals surface area contributed by atoms with E-state index in [1.807, 2.05) is 0 Å². The number of Topliss-reactive ketones (excluding diaryl/α,β-unsaturated/α-hetero) is 2. The summed E-state index contributed by atoms with van der Waals surface area (Å²) >= 11 is 0. The number of rotatable bonds is 4. The van der Waals surface area contributed by atoms with E-state index in [0.29, 0.717) is 0 Å². The molecular weight excluding hydrogens is 548 g/mol. The van der Waals surface area contributed by atoms with Crippen LogP contribution in [0, 0.1) is 16.7 Å². The van der Waals surface area contributed by atoms with Crippen LogP contribution in [0.2, 0.25) is 0 Å². The number of ketones is 2. The molecular formula is C31H36O11. The van der Waals surface area contributed by atoms with E-state index in [1.165, 1.54) is 32.9 Å². The lowest BCUT2D eigenvalue weighted by molar-refractivity contribution is -0.344. The van der Waals surface area contributed by atoms with Crippen molar-refractivity contribution in [3.05, 3.63) is 47.0 Å². The van der Waals surface area contributed by atoms with Crippen LogP contribution < -0.4 is 0 Å². The normalized spacial score (nSPS) is 38.6. The third kappa shape index (κ3) is 4.00. The highest BCUT2D eigenvalue weighted by Gasteiger charge is 2.78. The summed E-state index contributed by atoms with van der Waals surface area (Å²) in [4.78, 5) is 66.9. The highest BCUT2D eigenvalue weighted by atomic mass is 16.6. The van der Waals surface area contributed by atoms with E-state index in [4.69, 9.17) is 18.9 Å². The molecule has 5 rings (SSSR count). The first-order valence-corrected chi connectivity index (χ1v) is 14.0. The summed E-state index contributed by atoms with van der Waals surface area (Å²) in [7, 11) is 0. The van der Waals surface area contributed by atoms with E-state index in [9.17, 15) is 34.2 Å². The molecule has 1 saturated heterocycles. The Kier molecular flexibility index (Phi) is 7.03. The predicted octanol–water partition coefficient (Wildman–Crippen LogP) is 1.86. The summed E-state index contributed by atoms with van der Waals surface area (Å²) in [5.74, 6) is -5.11. The molecule has 1 aromatic rings. The van der Waals surface area contributed by atoms with Gasteiger partial charge in [-0.3, -0.25) is 19.2 Å². The zero-order valence-electron chi connectivity index (χ0n) is 24.5. The minimum atomic E-state index is -2.21. The van der Waals surface area contributed by atoms with Crippen LogP contribution in [0.15, 0.2) is 41.5 Å². The van der Waals surface area contributed by atoms with Crippen molar-refractivity contribution in [3.63, 3.8) is 0 Å². The molecule has 1 aromatic carbocycles. The fraction of sp³-hybridized carbons (Fsp3) is 0.581. The van der Waals surface area contributed by atoms with Crippen molar-refractivity contribution in [1.29, 1.82) is 0 Å². The molecule has 2 bridgehead atoms. The first-order valence-electron chi connectivity index (χ1n) is 14.0. The van der Waals surface area contributed by atoms with Gasteiger partial charge in [0.2, 0.25) is 0 Å². The summed E-state index contributed by atoms with van der Waals surface area (Å²) in [5.41, 5.74) is -6.91. The zero-order valence-corrected chi connectivity index (χ0v) is 24.5. The molecule has 2 N–H and O–H groups in total. The average Bonchev–Trinajstić information content (AvgIpc) is 2.90. The van der Waals surface area contributed by atoms with Crippen molar-refractivity contribution in [2.75, 3.05) is 6.61 Å². The topological polar surface area (TPSA) is 163 Å². The van der Waals surface area contributed by atoms with Gasteiger partial charge in [0.25, 0.3) is 0 Å². The third-order valence-electron chi connectivity index (χ3n) is 10.0. The second-order valence-electron chi connectivity index (χ2n) is 12.6. The van der Waals surface area contributed by atoms with Gasteiger partial charge in [0.1, 0.15) is 17.8 Å². The van der Waals surface area contributed by atoms with Crippen LogP contribution >= 0.6 is 0 Å². The number of allylic oxidation sites excluding steroid dienone is 1. The maximum atomic E-state index is 14.8. The Balaban J connectivity index is 1.85. The monoisotopic (exact) mass is 584 g/mol. The summed E-state index contributed by atoms with van der Waals surface area (Å²) in [6.07, 6.45) is -6.34. The molecule has 4 aliphatic rings. The smallest absolute Gasteiger partial charge is 0.338 e. The lowest BCUT2D eigenvalue weighted by Crippen LogP contribution is -2.81. The number of carbonyl (C=O) groups is 5. The van der Waals surface area contributed by atoms with E-state index < -0.39 is 88.3 Å². The molecule has 8 unspecified atom stereocenters. The van der Waals surface area contributed by atoms with Gasteiger partial charge in [0.05, 0.1) is 29.6 Å². The molecule has 11 heteroatoms. The molecule has 1 aliphatic heterocycles. The molecule has 226 valence electrons. The largest absolute Gasteiger partial charge is 0.455 e. The summed E-state index contributed by atoms with van der Waals surface area (Å²) in [5, 5.41) is 24.4. The van der Waals surface area contributed by atoms with Crippen LogP contribution in [0.4, 0.5) is 0 Å². The van der Waals surface area contributed by atoms with Crippen molar-refractivity contribution < 1.29 is 53.1 Å². The molecule has 0 radical (unpaired) electrons. The van der Waals surface area contributed by atoms with Crippen molar-refractivity contribution >= 4 is 29.5 Å². The number of benzene rings is 1. The van der Waals surface area contributed by atoms with Crippen molar-refractivity contribution in [1.82, 2.24) is 0 Å². The summed E-state index contributed by atoms with van der Waals surface area (Å²) in [6.45, 7) is 8.16. The molecule has 2 saturated carbocycles. The van der Waals surface area contributed by atoms with Crippen LogP contribution in [0.3, 0.4) is 0 Å². The van der Waals surface area contributed by atoms with Crippen LogP contribution in [0.25, 0.3) is 0 Å². The van der Waals surface area contributed by atoms with Gasteiger partial charge >= 0.3 is 17.9 Å². The number of hydrogen-bond acceptors (Lipinski definition) is 11. The SMILES string of the molecule is CC(=O)OC1C(=O)C2(C)C(O)CC3OCC3(OC(C)=O)C2C(OC(=O)c2ccccc2)C2(O)CC(=O)C(C)=C1C2(C)C. The predicted molar refractivity (Wildman–Crippen MR) is 144 cm³/mol. The average molecular weight is 585 g/mol. The lowest BCUT2D eigenvalue weighted by atomic mass is 9.44. The van der Waals surface area contributed by atoms with E-state index in [0.717, 1.165) is 6.92 Å². The van der Waals surface area contributed by atoms with Gasteiger partial charge in [0.15, 0.2) is 23.3 Å². The van der Waals surface area contributed by atoms with Crippen LogP contribution in [0.5, 0.6) is 0 Å². The fourth-order valence-electron chi connectivity index (χ4n) is 7.72. The Morgan fingerprint density at radius 2 is 1.64 bits per heavy atom. The Morgan fingerprint density at radius 3 is 2.19 bits per heavy atom. The van der Waals surface area contributed by atoms with E-state index in [-0.39, 0.29) is 29.7 Å². The van der Waals surface area contributed by atoms with Gasteiger partial charge in [0, 0.05) is 32.1 Å². The minimum Gasteiger partial charge on any atom is -0.455 e. The van der Waals surface area contributed by atoms with Crippen molar-refractivity contribution in [2.45, 2.75) is 90.0 Å². The number of aliphatic hydroxyl groups is 2. The number of fused-ring (bicyclic) bond motifs is 5. The first kappa shape index (κ1) is 30.1. The number of aliphatic hydroxyl groups excluding tert-OH is 1. The lowest BCUT2D eigenvalue weighted by Gasteiger charge is -2.67. The minimum absolute atomic E-state index is 0.0580. The third-order valence-corrected chi connectivity index (χ3v) is 10.0. The molecule has 0 amide bonds.